The molecule has 0 spiro atoms. The number of benzene rings is 1. The lowest BCUT2D eigenvalue weighted by atomic mass is 9.87. The largest absolute Gasteiger partial charge is 0.495 e. The molecule has 2 rings (SSSR count). The van der Waals surface area contributed by atoms with Gasteiger partial charge in [0.05, 0.1) is 12.1 Å². The van der Waals surface area contributed by atoms with Crippen molar-refractivity contribution in [1.82, 2.24) is 5.32 Å². The van der Waals surface area contributed by atoms with Crippen LogP contribution in [0.15, 0.2) is 0 Å². The van der Waals surface area contributed by atoms with Gasteiger partial charge in [-0.05, 0) is 61.9 Å². The molecule has 1 heterocycles. The van der Waals surface area contributed by atoms with Crippen molar-refractivity contribution in [2.75, 3.05) is 20.2 Å². The monoisotopic (exact) mass is 253 g/mol. The highest BCUT2D eigenvalue weighted by atomic mass is 35.5. The van der Waals surface area contributed by atoms with Crippen molar-refractivity contribution >= 4 is 11.6 Å². The summed E-state index contributed by atoms with van der Waals surface area (Å²) < 4.78 is 5.41. The van der Waals surface area contributed by atoms with Crippen LogP contribution in [0.2, 0.25) is 5.02 Å². The summed E-state index contributed by atoms with van der Waals surface area (Å²) in [5.74, 6) is 1.42. The van der Waals surface area contributed by atoms with Crippen LogP contribution in [0.25, 0.3) is 0 Å². The van der Waals surface area contributed by atoms with Crippen LogP contribution in [0, 0.1) is 20.8 Å². The molecule has 0 saturated carbocycles. The predicted molar refractivity (Wildman–Crippen MR) is 72.4 cm³/mol. The molecule has 0 aromatic heterocycles. The van der Waals surface area contributed by atoms with E-state index in [1.807, 2.05) is 0 Å². The van der Waals surface area contributed by atoms with E-state index in [1.165, 1.54) is 28.7 Å². The summed E-state index contributed by atoms with van der Waals surface area (Å²) in [5, 5.41) is 4.19. The van der Waals surface area contributed by atoms with E-state index in [9.17, 15) is 0 Å². The zero-order chi connectivity index (χ0) is 12.6. The summed E-state index contributed by atoms with van der Waals surface area (Å²) in [4.78, 5) is 0. The Hall–Kier alpha value is -0.730. The zero-order valence-electron chi connectivity index (χ0n) is 11.0. The highest BCUT2D eigenvalue weighted by molar-refractivity contribution is 6.33. The number of hydrogen-bond donors (Lipinski definition) is 1. The quantitative estimate of drug-likeness (QED) is 0.873. The first-order chi connectivity index (χ1) is 8.07. The molecule has 1 saturated heterocycles. The van der Waals surface area contributed by atoms with Gasteiger partial charge in [-0.2, -0.15) is 0 Å². The fourth-order valence-electron chi connectivity index (χ4n) is 2.86. The molecule has 17 heavy (non-hydrogen) atoms. The number of rotatable bonds is 2. The molecule has 1 atom stereocenters. The normalized spacial score (nSPS) is 19.7. The van der Waals surface area contributed by atoms with Crippen LogP contribution in [0.3, 0.4) is 0 Å². The van der Waals surface area contributed by atoms with Crippen LogP contribution in [0.4, 0.5) is 0 Å². The molecule has 1 N–H and O–H groups in total. The Morgan fingerprint density at radius 1 is 1.18 bits per heavy atom. The molecule has 1 aliphatic rings. The van der Waals surface area contributed by atoms with E-state index in [-0.39, 0.29) is 0 Å². The Morgan fingerprint density at radius 2 is 1.88 bits per heavy atom. The molecule has 3 heteroatoms. The highest BCUT2D eigenvalue weighted by Crippen LogP contribution is 2.40. The second-order valence-corrected chi connectivity index (χ2v) is 5.20. The van der Waals surface area contributed by atoms with E-state index in [1.54, 1.807) is 7.11 Å². The zero-order valence-corrected chi connectivity index (χ0v) is 11.7. The minimum atomic E-state index is 0.595. The molecular formula is C14H20ClNO. The average Bonchev–Trinajstić information content (AvgIpc) is 2.81. The maximum absolute atomic E-state index is 6.41. The minimum absolute atomic E-state index is 0.595. The summed E-state index contributed by atoms with van der Waals surface area (Å²) >= 11 is 6.41. The predicted octanol–water partition coefficient (Wildman–Crippen LogP) is 3.35. The van der Waals surface area contributed by atoms with Gasteiger partial charge in [-0.25, -0.2) is 0 Å². The molecule has 94 valence electrons. The molecule has 0 aliphatic carbocycles. The minimum Gasteiger partial charge on any atom is -0.495 e. The third kappa shape index (κ3) is 2.04. The Kier molecular flexibility index (Phi) is 3.64. The molecule has 1 aromatic carbocycles. The maximum atomic E-state index is 6.41. The third-order valence-electron chi connectivity index (χ3n) is 3.91. The van der Waals surface area contributed by atoms with Gasteiger partial charge in [0.2, 0.25) is 0 Å². The van der Waals surface area contributed by atoms with Crippen molar-refractivity contribution in [1.29, 1.82) is 0 Å². The van der Waals surface area contributed by atoms with Crippen molar-refractivity contribution < 1.29 is 4.74 Å². The number of halogens is 1. The topological polar surface area (TPSA) is 21.3 Å². The van der Waals surface area contributed by atoms with Gasteiger partial charge in [-0.15, -0.1) is 0 Å². The number of nitrogens with one attached hydrogen (secondary N) is 1. The standard InChI is InChI=1S/C14H20ClNO/c1-8-9(2)14(17-4)13(15)10(3)12(8)11-5-6-16-7-11/h11,16H,5-7H2,1-4H3. The van der Waals surface area contributed by atoms with E-state index in [2.05, 4.69) is 26.1 Å². The fourth-order valence-corrected chi connectivity index (χ4v) is 3.18. The molecule has 1 aliphatic heterocycles. The van der Waals surface area contributed by atoms with Crippen LogP contribution >= 0.6 is 11.6 Å². The van der Waals surface area contributed by atoms with Gasteiger partial charge in [0.25, 0.3) is 0 Å². The van der Waals surface area contributed by atoms with Gasteiger partial charge in [0.15, 0.2) is 0 Å². The van der Waals surface area contributed by atoms with E-state index in [0.717, 1.165) is 23.9 Å². The van der Waals surface area contributed by atoms with Crippen molar-refractivity contribution in [2.45, 2.75) is 33.1 Å². The Balaban J connectivity index is 2.59. The second kappa shape index (κ2) is 4.87. The lowest BCUT2D eigenvalue weighted by Crippen LogP contribution is -2.11. The van der Waals surface area contributed by atoms with Crippen molar-refractivity contribution in [3.05, 3.63) is 27.3 Å². The fraction of sp³-hybridized carbons (Fsp3) is 0.571. The lowest BCUT2D eigenvalue weighted by Gasteiger charge is -2.21. The Bertz CT molecular complexity index is 407. The van der Waals surface area contributed by atoms with Gasteiger partial charge >= 0.3 is 0 Å². The van der Waals surface area contributed by atoms with Crippen LogP contribution in [0.5, 0.6) is 5.75 Å². The van der Waals surface area contributed by atoms with Crippen LogP contribution in [-0.4, -0.2) is 20.2 Å². The first-order valence-electron chi connectivity index (χ1n) is 6.11. The van der Waals surface area contributed by atoms with Crippen molar-refractivity contribution in [3.63, 3.8) is 0 Å². The van der Waals surface area contributed by atoms with E-state index >= 15 is 0 Å². The number of ether oxygens (including phenoxy) is 1. The first-order valence-corrected chi connectivity index (χ1v) is 6.49. The molecule has 1 unspecified atom stereocenters. The van der Waals surface area contributed by atoms with Gasteiger partial charge in [-0.1, -0.05) is 11.6 Å². The number of methoxy groups -OCH3 is 1. The lowest BCUT2D eigenvalue weighted by molar-refractivity contribution is 0.410. The molecule has 0 amide bonds. The van der Waals surface area contributed by atoms with Crippen LogP contribution in [-0.2, 0) is 0 Å². The van der Waals surface area contributed by atoms with E-state index in [4.69, 9.17) is 16.3 Å². The third-order valence-corrected chi connectivity index (χ3v) is 4.37. The molecule has 0 radical (unpaired) electrons. The maximum Gasteiger partial charge on any atom is 0.140 e. The van der Waals surface area contributed by atoms with Crippen LogP contribution in [0.1, 0.15) is 34.6 Å². The smallest absolute Gasteiger partial charge is 0.140 e. The molecule has 1 aromatic rings. The Labute approximate surface area is 108 Å². The molecular weight excluding hydrogens is 234 g/mol. The molecule has 1 fully saturated rings. The molecule has 2 nitrogen and oxygen atoms in total. The average molecular weight is 254 g/mol. The SMILES string of the molecule is COc1c(C)c(C)c(C2CCNC2)c(C)c1Cl. The van der Waals surface area contributed by atoms with Crippen molar-refractivity contribution in [3.8, 4) is 5.75 Å². The number of hydrogen-bond acceptors (Lipinski definition) is 2. The second-order valence-electron chi connectivity index (χ2n) is 4.83. The summed E-state index contributed by atoms with van der Waals surface area (Å²) in [6.07, 6.45) is 1.20. The van der Waals surface area contributed by atoms with Crippen LogP contribution < -0.4 is 10.1 Å². The van der Waals surface area contributed by atoms with E-state index < -0.39 is 0 Å². The van der Waals surface area contributed by atoms with Gasteiger partial charge in [0.1, 0.15) is 5.75 Å². The van der Waals surface area contributed by atoms with Gasteiger partial charge in [0, 0.05) is 6.54 Å². The van der Waals surface area contributed by atoms with Gasteiger partial charge in [-0.3, -0.25) is 0 Å². The summed E-state index contributed by atoms with van der Waals surface area (Å²) in [7, 11) is 1.68. The summed E-state index contributed by atoms with van der Waals surface area (Å²) in [6, 6.07) is 0. The Morgan fingerprint density at radius 3 is 2.41 bits per heavy atom. The summed E-state index contributed by atoms with van der Waals surface area (Å²) in [5.41, 5.74) is 5.10. The highest BCUT2D eigenvalue weighted by Gasteiger charge is 2.24. The summed E-state index contributed by atoms with van der Waals surface area (Å²) in [6.45, 7) is 8.53. The van der Waals surface area contributed by atoms with E-state index in [0.29, 0.717) is 5.92 Å². The van der Waals surface area contributed by atoms with Crippen molar-refractivity contribution in [2.24, 2.45) is 0 Å². The molecule has 0 bridgehead atoms. The van der Waals surface area contributed by atoms with Gasteiger partial charge < -0.3 is 10.1 Å². The first kappa shape index (κ1) is 12.7.